The summed E-state index contributed by atoms with van der Waals surface area (Å²) in [6, 6.07) is -0.211. The molecule has 0 aromatic carbocycles. The Balaban J connectivity index is 1.95. The average Bonchev–Trinajstić information content (AvgIpc) is 2.85. The van der Waals surface area contributed by atoms with Crippen LogP contribution in [-0.2, 0) is 9.59 Å². The molecule has 0 aromatic rings. The van der Waals surface area contributed by atoms with E-state index < -0.39 is 29.3 Å². The summed E-state index contributed by atoms with van der Waals surface area (Å²) in [5, 5.41) is 21.6. The summed E-state index contributed by atoms with van der Waals surface area (Å²) < 4.78 is 0. The number of aliphatic carboxylic acids is 1. The van der Waals surface area contributed by atoms with Gasteiger partial charge in [0.1, 0.15) is 0 Å². The first-order chi connectivity index (χ1) is 8.35. The fraction of sp³-hybridized carbons (Fsp3) is 0.846. The molecule has 2 aliphatic carbocycles. The van der Waals surface area contributed by atoms with Crippen LogP contribution in [0.1, 0.15) is 39.5 Å². The molecular formula is C13H21NO4. The molecule has 0 saturated heterocycles. The quantitative estimate of drug-likeness (QED) is 0.695. The molecule has 0 aromatic heterocycles. The minimum atomic E-state index is -0.913. The van der Waals surface area contributed by atoms with Crippen LogP contribution in [0.15, 0.2) is 0 Å². The smallest absolute Gasteiger partial charge is 0.307 e. The lowest BCUT2D eigenvalue weighted by molar-refractivity contribution is -0.140. The van der Waals surface area contributed by atoms with Crippen molar-refractivity contribution in [3.8, 4) is 0 Å². The third kappa shape index (κ3) is 2.23. The van der Waals surface area contributed by atoms with Crippen LogP contribution in [-0.4, -0.2) is 34.2 Å². The topological polar surface area (TPSA) is 86.6 Å². The van der Waals surface area contributed by atoms with E-state index >= 15 is 0 Å². The minimum absolute atomic E-state index is 0.211. The van der Waals surface area contributed by atoms with Gasteiger partial charge in [-0.1, -0.05) is 26.7 Å². The van der Waals surface area contributed by atoms with Crippen LogP contribution < -0.4 is 5.32 Å². The van der Waals surface area contributed by atoms with Crippen LogP contribution in [0.2, 0.25) is 0 Å². The van der Waals surface area contributed by atoms with Gasteiger partial charge >= 0.3 is 5.97 Å². The first kappa shape index (κ1) is 13.3. The first-order valence-electron chi connectivity index (χ1n) is 6.57. The van der Waals surface area contributed by atoms with Crippen molar-refractivity contribution in [3.63, 3.8) is 0 Å². The molecule has 5 heteroatoms. The predicted octanol–water partition coefficient (Wildman–Crippen LogP) is 0.763. The second-order valence-corrected chi connectivity index (χ2v) is 6.08. The lowest BCUT2D eigenvalue weighted by Gasteiger charge is -2.28. The van der Waals surface area contributed by atoms with E-state index in [2.05, 4.69) is 5.32 Å². The van der Waals surface area contributed by atoms with Crippen molar-refractivity contribution in [3.05, 3.63) is 0 Å². The zero-order chi connectivity index (χ0) is 13.5. The van der Waals surface area contributed by atoms with Crippen molar-refractivity contribution in [1.29, 1.82) is 0 Å². The maximum Gasteiger partial charge on any atom is 0.307 e. The van der Waals surface area contributed by atoms with Crippen LogP contribution in [0.3, 0.4) is 0 Å². The number of carbonyl (C=O) groups is 2. The molecule has 2 aliphatic rings. The first-order valence-corrected chi connectivity index (χ1v) is 6.57. The molecule has 0 radical (unpaired) electrons. The molecule has 102 valence electrons. The van der Waals surface area contributed by atoms with Gasteiger partial charge < -0.3 is 15.5 Å². The standard InChI is InChI=1S/C13H21NO4/c1-13(2)9(10(13)12(17)18)11(16)14-7-5-3-4-6-8(7)15/h7-10,15H,3-6H2,1-2H3,(H,14,16)(H,17,18)/t7-,8-,9-,10+/m1/s1. The van der Waals surface area contributed by atoms with E-state index in [9.17, 15) is 14.7 Å². The number of carboxylic acids is 1. The Hall–Kier alpha value is -1.10. The van der Waals surface area contributed by atoms with Gasteiger partial charge in [0.15, 0.2) is 0 Å². The van der Waals surface area contributed by atoms with Crippen molar-refractivity contribution in [1.82, 2.24) is 5.32 Å². The highest BCUT2D eigenvalue weighted by atomic mass is 16.4. The maximum absolute atomic E-state index is 12.1. The normalized spacial score (nSPS) is 37.9. The monoisotopic (exact) mass is 255 g/mol. The lowest BCUT2D eigenvalue weighted by atomic mass is 9.92. The molecule has 0 spiro atoms. The lowest BCUT2D eigenvalue weighted by Crippen LogP contribution is -2.46. The number of nitrogens with one attached hydrogen (secondary N) is 1. The Morgan fingerprint density at radius 1 is 1.17 bits per heavy atom. The van der Waals surface area contributed by atoms with E-state index in [1.807, 2.05) is 0 Å². The highest BCUT2D eigenvalue weighted by Crippen LogP contribution is 2.58. The molecule has 2 rings (SSSR count). The van der Waals surface area contributed by atoms with E-state index in [1.54, 1.807) is 13.8 Å². The molecule has 5 nitrogen and oxygen atoms in total. The van der Waals surface area contributed by atoms with Crippen LogP contribution >= 0.6 is 0 Å². The van der Waals surface area contributed by atoms with Gasteiger partial charge in [-0.2, -0.15) is 0 Å². The van der Waals surface area contributed by atoms with Crippen molar-refractivity contribution < 1.29 is 19.8 Å². The molecule has 4 atom stereocenters. The fourth-order valence-corrected chi connectivity index (χ4v) is 3.14. The van der Waals surface area contributed by atoms with Gasteiger partial charge in [0.05, 0.1) is 24.0 Å². The van der Waals surface area contributed by atoms with Gasteiger partial charge in [-0.25, -0.2) is 0 Å². The second-order valence-electron chi connectivity index (χ2n) is 6.08. The van der Waals surface area contributed by atoms with Gasteiger partial charge in [-0.15, -0.1) is 0 Å². The number of hydrogen-bond donors (Lipinski definition) is 3. The van der Waals surface area contributed by atoms with Gasteiger partial charge in [-0.3, -0.25) is 9.59 Å². The van der Waals surface area contributed by atoms with E-state index in [0.717, 1.165) is 19.3 Å². The molecular weight excluding hydrogens is 234 g/mol. The molecule has 0 aliphatic heterocycles. The molecule has 18 heavy (non-hydrogen) atoms. The molecule has 2 fully saturated rings. The van der Waals surface area contributed by atoms with Crippen molar-refractivity contribution >= 4 is 11.9 Å². The molecule has 0 unspecified atom stereocenters. The average molecular weight is 255 g/mol. The van der Waals surface area contributed by atoms with Crippen molar-refractivity contribution in [2.24, 2.45) is 17.3 Å². The van der Waals surface area contributed by atoms with Crippen LogP contribution in [0.4, 0.5) is 0 Å². The minimum Gasteiger partial charge on any atom is -0.481 e. The van der Waals surface area contributed by atoms with E-state index in [1.165, 1.54) is 0 Å². The Morgan fingerprint density at radius 3 is 2.28 bits per heavy atom. The third-order valence-corrected chi connectivity index (χ3v) is 4.43. The molecule has 0 bridgehead atoms. The Labute approximate surface area is 107 Å². The van der Waals surface area contributed by atoms with Crippen molar-refractivity contribution in [2.45, 2.75) is 51.7 Å². The summed E-state index contributed by atoms with van der Waals surface area (Å²) in [5.74, 6) is -2.20. The second kappa shape index (κ2) is 4.53. The van der Waals surface area contributed by atoms with E-state index in [4.69, 9.17) is 5.11 Å². The molecule has 0 heterocycles. The highest BCUT2D eigenvalue weighted by molar-refractivity contribution is 5.91. The summed E-state index contributed by atoms with van der Waals surface area (Å²) in [5.41, 5.74) is -0.477. The van der Waals surface area contributed by atoms with Crippen LogP contribution in [0.25, 0.3) is 0 Å². The summed E-state index contributed by atoms with van der Waals surface area (Å²) in [7, 11) is 0. The zero-order valence-corrected chi connectivity index (χ0v) is 10.8. The summed E-state index contributed by atoms with van der Waals surface area (Å²) >= 11 is 0. The number of hydrogen-bond acceptors (Lipinski definition) is 3. The SMILES string of the molecule is CC1(C)[C@H](C(=O)O)[C@@H]1C(=O)N[C@@H]1CCCC[C@H]1O. The fourth-order valence-electron chi connectivity index (χ4n) is 3.14. The third-order valence-electron chi connectivity index (χ3n) is 4.43. The number of aliphatic hydroxyl groups excluding tert-OH is 1. The van der Waals surface area contributed by atoms with Crippen LogP contribution in [0, 0.1) is 17.3 Å². The van der Waals surface area contributed by atoms with Crippen molar-refractivity contribution in [2.75, 3.05) is 0 Å². The molecule has 1 amide bonds. The van der Waals surface area contributed by atoms with E-state index in [0.29, 0.717) is 6.42 Å². The molecule has 2 saturated carbocycles. The zero-order valence-electron chi connectivity index (χ0n) is 10.8. The maximum atomic E-state index is 12.1. The van der Waals surface area contributed by atoms with Crippen LogP contribution in [0.5, 0.6) is 0 Å². The number of amides is 1. The largest absolute Gasteiger partial charge is 0.481 e. The van der Waals surface area contributed by atoms with E-state index in [-0.39, 0.29) is 11.9 Å². The van der Waals surface area contributed by atoms with Gasteiger partial charge in [-0.05, 0) is 18.3 Å². The predicted molar refractivity (Wildman–Crippen MR) is 64.8 cm³/mol. The van der Waals surface area contributed by atoms with Gasteiger partial charge in [0.25, 0.3) is 0 Å². The number of rotatable bonds is 3. The summed E-state index contributed by atoms with van der Waals surface area (Å²) in [4.78, 5) is 23.1. The summed E-state index contributed by atoms with van der Waals surface area (Å²) in [6.07, 6.45) is 2.98. The van der Waals surface area contributed by atoms with Gasteiger partial charge in [0.2, 0.25) is 5.91 Å². The Bertz CT molecular complexity index is 366. The molecule has 3 N–H and O–H groups in total. The summed E-state index contributed by atoms with van der Waals surface area (Å²) in [6.45, 7) is 3.60. The highest BCUT2D eigenvalue weighted by Gasteiger charge is 2.66. The van der Waals surface area contributed by atoms with Gasteiger partial charge in [0, 0.05) is 0 Å². The number of aliphatic hydroxyl groups is 1. The number of carboxylic acid groups (broad SMARTS) is 1. The Kier molecular flexibility index (Phi) is 3.36. The number of carbonyl (C=O) groups excluding carboxylic acids is 1. The Morgan fingerprint density at radius 2 is 1.78 bits per heavy atom.